The average Bonchev–Trinajstić information content (AvgIpc) is 2.41. The molecule has 1 aromatic carbocycles. The Hall–Kier alpha value is -1.88. The Morgan fingerprint density at radius 3 is 2.68 bits per heavy atom. The normalized spacial score (nSPS) is 10.2. The van der Waals surface area contributed by atoms with E-state index in [9.17, 15) is 4.79 Å². The zero-order valence-electron chi connectivity index (χ0n) is 10.0. The molecular weight excluding hydrogens is 310 g/mol. The monoisotopic (exact) mass is 321 g/mol. The number of aromatic carboxylic acids is 1. The van der Waals surface area contributed by atoms with Gasteiger partial charge >= 0.3 is 5.97 Å². The number of aromatic nitrogens is 1. The lowest BCUT2D eigenvalue weighted by atomic mass is 10.2. The number of rotatable bonds is 5. The quantitative estimate of drug-likeness (QED) is 0.918. The fourth-order valence-electron chi connectivity index (χ4n) is 1.62. The predicted octanol–water partition coefficient (Wildman–Crippen LogP) is 3.16. The maximum atomic E-state index is 11.1. The minimum absolute atomic E-state index is 0.157. The first-order chi connectivity index (χ1) is 9.16. The van der Waals surface area contributed by atoms with Crippen molar-refractivity contribution in [1.82, 2.24) is 4.98 Å². The molecule has 0 fully saturated rings. The van der Waals surface area contributed by atoms with Gasteiger partial charge in [-0.25, -0.2) is 4.79 Å². The van der Waals surface area contributed by atoms with Gasteiger partial charge < -0.3 is 9.84 Å². The first kappa shape index (κ1) is 13.5. The zero-order chi connectivity index (χ0) is 13.7. The molecule has 0 saturated heterocycles. The Bertz CT molecular complexity index is 572. The van der Waals surface area contributed by atoms with Crippen LogP contribution < -0.4 is 4.74 Å². The first-order valence-corrected chi connectivity index (χ1v) is 6.50. The van der Waals surface area contributed by atoms with E-state index in [2.05, 4.69) is 20.9 Å². The van der Waals surface area contributed by atoms with E-state index in [0.717, 1.165) is 5.56 Å². The average molecular weight is 322 g/mol. The standard InChI is InChI=1S/C14H12BrNO3/c15-11-1-2-13(12(9-11)14(17)18)19-8-5-10-3-6-16-7-4-10/h1-4,6-7,9H,5,8H2,(H,17,18). The van der Waals surface area contributed by atoms with E-state index < -0.39 is 5.97 Å². The lowest BCUT2D eigenvalue weighted by molar-refractivity contribution is 0.0692. The molecule has 0 atom stereocenters. The molecule has 0 saturated carbocycles. The van der Waals surface area contributed by atoms with E-state index in [-0.39, 0.29) is 5.56 Å². The van der Waals surface area contributed by atoms with Crippen molar-refractivity contribution >= 4 is 21.9 Å². The summed E-state index contributed by atoms with van der Waals surface area (Å²) in [6.45, 7) is 0.423. The molecule has 0 bridgehead atoms. The third-order valence-corrected chi connectivity index (χ3v) is 3.06. The van der Waals surface area contributed by atoms with Gasteiger partial charge in [-0.05, 0) is 35.9 Å². The van der Waals surface area contributed by atoms with E-state index >= 15 is 0 Å². The van der Waals surface area contributed by atoms with Crippen LogP contribution in [0, 0.1) is 0 Å². The fraction of sp³-hybridized carbons (Fsp3) is 0.143. The highest BCUT2D eigenvalue weighted by atomic mass is 79.9. The number of hydrogen-bond donors (Lipinski definition) is 1. The summed E-state index contributed by atoms with van der Waals surface area (Å²) in [4.78, 5) is 15.0. The van der Waals surface area contributed by atoms with E-state index in [1.165, 1.54) is 6.07 Å². The van der Waals surface area contributed by atoms with Crippen LogP contribution in [0.3, 0.4) is 0 Å². The molecule has 0 radical (unpaired) electrons. The molecular formula is C14H12BrNO3. The van der Waals surface area contributed by atoms with Gasteiger partial charge in [0.1, 0.15) is 11.3 Å². The highest BCUT2D eigenvalue weighted by Crippen LogP contribution is 2.23. The fourth-order valence-corrected chi connectivity index (χ4v) is 1.98. The van der Waals surface area contributed by atoms with Crippen molar-refractivity contribution in [3.8, 4) is 5.75 Å². The van der Waals surface area contributed by atoms with E-state index in [1.54, 1.807) is 24.5 Å². The van der Waals surface area contributed by atoms with Crippen LogP contribution in [0.4, 0.5) is 0 Å². The maximum absolute atomic E-state index is 11.1. The molecule has 1 N–H and O–H groups in total. The van der Waals surface area contributed by atoms with Crippen LogP contribution in [0.2, 0.25) is 0 Å². The predicted molar refractivity (Wildman–Crippen MR) is 74.5 cm³/mol. The van der Waals surface area contributed by atoms with Gasteiger partial charge in [-0.15, -0.1) is 0 Å². The van der Waals surface area contributed by atoms with Crippen molar-refractivity contribution in [2.45, 2.75) is 6.42 Å². The second-order valence-electron chi connectivity index (χ2n) is 3.90. The highest BCUT2D eigenvalue weighted by molar-refractivity contribution is 9.10. The molecule has 0 aliphatic rings. The van der Waals surface area contributed by atoms with Crippen LogP contribution in [0.1, 0.15) is 15.9 Å². The molecule has 98 valence electrons. The zero-order valence-corrected chi connectivity index (χ0v) is 11.6. The summed E-state index contributed by atoms with van der Waals surface area (Å²) in [5, 5.41) is 9.10. The van der Waals surface area contributed by atoms with E-state index in [4.69, 9.17) is 9.84 Å². The van der Waals surface area contributed by atoms with Crippen LogP contribution in [0.15, 0.2) is 47.2 Å². The number of carbonyl (C=O) groups is 1. The minimum Gasteiger partial charge on any atom is -0.492 e. The summed E-state index contributed by atoms with van der Waals surface area (Å²) in [6, 6.07) is 8.75. The second-order valence-corrected chi connectivity index (χ2v) is 4.82. The molecule has 1 heterocycles. The number of ether oxygens (including phenoxy) is 1. The second kappa shape index (κ2) is 6.33. The first-order valence-electron chi connectivity index (χ1n) is 5.71. The number of halogens is 1. The lowest BCUT2D eigenvalue weighted by Crippen LogP contribution is -2.06. The Morgan fingerprint density at radius 2 is 2.00 bits per heavy atom. The van der Waals surface area contributed by atoms with Crippen molar-refractivity contribution in [2.24, 2.45) is 0 Å². The highest BCUT2D eigenvalue weighted by Gasteiger charge is 2.11. The van der Waals surface area contributed by atoms with Crippen molar-refractivity contribution in [3.63, 3.8) is 0 Å². The molecule has 0 aliphatic heterocycles. The van der Waals surface area contributed by atoms with E-state index in [0.29, 0.717) is 23.2 Å². The smallest absolute Gasteiger partial charge is 0.339 e. The Balaban J connectivity index is 2.02. The van der Waals surface area contributed by atoms with Crippen molar-refractivity contribution < 1.29 is 14.6 Å². The van der Waals surface area contributed by atoms with Gasteiger partial charge in [0.15, 0.2) is 0 Å². The summed E-state index contributed by atoms with van der Waals surface area (Å²) in [5.41, 5.74) is 1.26. The Labute approximate surface area is 119 Å². The van der Waals surface area contributed by atoms with Gasteiger partial charge in [0.2, 0.25) is 0 Å². The van der Waals surface area contributed by atoms with Crippen LogP contribution >= 0.6 is 15.9 Å². The van der Waals surface area contributed by atoms with Crippen LogP contribution in [-0.2, 0) is 6.42 Å². The van der Waals surface area contributed by atoms with Gasteiger partial charge in [0.05, 0.1) is 6.61 Å². The molecule has 2 aromatic rings. The Morgan fingerprint density at radius 1 is 1.26 bits per heavy atom. The van der Waals surface area contributed by atoms with E-state index in [1.807, 2.05) is 12.1 Å². The van der Waals surface area contributed by atoms with Crippen molar-refractivity contribution in [1.29, 1.82) is 0 Å². The topological polar surface area (TPSA) is 59.4 Å². The van der Waals surface area contributed by atoms with Crippen LogP contribution in [0.25, 0.3) is 0 Å². The summed E-state index contributed by atoms with van der Waals surface area (Å²) in [5.74, 6) is -0.620. The third kappa shape index (κ3) is 3.79. The number of carboxylic acids is 1. The molecule has 1 aromatic heterocycles. The summed E-state index contributed by atoms with van der Waals surface area (Å²) in [7, 11) is 0. The molecule has 0 unspecified atom stereocenters. The largest absolute Gasteiger partial charge is 0.492 e. The summed E-state index contributed by atoms with van der Waals surface area (Å²) in [6.07, 6.45) is 4.15. The molecule has 5 heteroatoms. The molecule has 0 aliphatic carbocycles. The van der Waals surface area contributed by atoms with Gasteiger partial charge in [-0.2, -0.15) is 0 Å². The van der Waals surface area contributed by atoms with Crippen LogP contribution in [-0.4, -0.2) is 22.7 Å². The van der Waals surface area contributed by atoms with Gasteiger partial charge in [-0.3, -0.25) is 4.98 Å². The SMILES string of the molecule is O=C(O)c1cc(Br)ccc1OCCc1ccncc1. The third-order valence-electron chi connectivity index (χ3n) is 2.57. The number of benzene rings is 1. The molecule has 0 spiro atoms. The molecule has 4 nitrogen and oxygen atoms in total. The molecule has 19 heavy (non-hydrogen) atoms. The van der Waals surface area contributed by atoms with Gasteiger partial charge in [0.25, 0.3) is 0 Å². The molecule has 0 amide bonds. The number of nitrogens with zero attached hydrogens (tertiary/aromatic N) is 1. The van der Waals surface area contributed by atoms with Crippen molar-refractivity contribution in [2.75, 3.05) is 6.61 Å². The van der Waals surface area contributed by atoms with Gasteiger partial charge in [-0.1, -0.05) is 15.9 Å². The molecule has 2 rings (SSSR count). The maximum Gasteiger partial charge on any atom is 0.339 e. The summed E-state index contributed by atoms with van der Waals surface area (Å²) < 4.78 is 6.25. The number of pyridine rings is 1. The number of hydrogen-bond acceptors (Lipinski definition) is 3. The van der Waals surface area contributed by atoms with Crippen LogP contribution in [0.5, 0.6) is 5.75 Å². The Kier molecular flexibility index (Phi) is 4.52. The van der Waals surface area contributed by atoms with Gasteiger partial charge in [0, 0.05) is 23.3 Å². The van der Waals surface area contributed by atoms with Crippen molar-refractivity contribution in [3.05, 3.63) is 58.3 Å². The lowest BCUT2D eigenvalue weighted by Gasteiger charge is -2.09. The summed E-state index contributed by atoms with van der Waals surface area (Å²) >= 11 is 3.24. The number of carboxylic acid groups (broad SMARTS) is 1. The minimum atomic E-state index is -1.000.